The fourth-order valence-electron chi connectivity index (χ4n) is 1.78. The molecule has 1 aromatic heterocycles. The second kappa shape index (κ2) is 5.83. The fraction of sp³-hybridized carbons (Fsp3) is 0.333. The van der Waals surface area contributed by atoms with Gasteiger partial charge in [0.05, 0.1) is 0 Å². The molecule has 0 saturated carbocycles. The molecule has 0 spiro atoms. The van der Waals surface area contributed by atoms with Crippen LogP contribution in [0, 0.1) is 5.82 Å². The van der Waals surface area contributed by atoms with Gasteiger partial charge in [-0.25, -0.2) is 4.39 Å². The summed E-state index contributed by atoms with van der Waals surface area (Å²) in [5, 5.41) is 4.13. The first kappa shape index (κ1) is 12.8. The third-order valence-corrected chi connectivity index (χ3v) is 2.66. The highest BCUT2D eigenvalue weighted by Gasteiger charge is 2.05. The predicted molar refractivity (Wildman–Crippen MR) is 73.0 cm³/mol. The summed E-state index contributed by atoms with van der Waals surface area (Å²) >= 11 is 0. The Morgan fingerprint density at radius 3 is 2.94 bits per heavy atom. The lowest BCUT2D eigenvalue weighted by molar-refractivity contribution is 0.553. The number of benzene rings is 1. The van der Waals surface area contributed by atoms with Gasteiger partial charge in [-0.1, -0.05) is 32.1 Å². The summed E-state index contributed by atoms with van der Waals surface area (Å²) < 4.78 is 18.8. The molecule has 0 fully saturated rings. The van der Waals surface area contributed by atoms with Gasteiger partial charge in [0.15, 0.2) is 11.4 Å². The van der Waals surface area contributed by atoms with Crippen molar-refractivity contribution in [2.75, 3.05) is 6.54 Å². The van der Waals surface area contributed by atoms with Crippen LogP contribution in [0.3, 0.4) is 0 Å². The summed E-state index contributed by atoms with van der Waals surface area (Å²) in [6, 6.07) is 7.29. The molecule has 3 heteroatoms. The van der Waals surface area contributed by atoms with Crippen LogP contribution in [0.1, 0.15) is 26.0 Å². The molecule has 0 radical (unpaired) electrons. The van der Waals surface area contributed by atoms with E-state index in [9.17, 15) is 4.39 Å². The first-order valence-corrected chi connectivity index (χ1v) is 6.25. The minimum absolute atomic E-state index is 0.311. The molecule has 0 amide bonds. The molecule has 0 unspecified atom stereocenters. The second-order valence-corrected chi connectivity index (χ2v) is 4.61. The van der Waals surface area contributed by atoms with Gasteiger partial charge in [-0.15, -0.1) is 0 Å². The van der Waals surface area contributed by atoms with Gasteiger partial charge in [0, 0.05) is 11.4 Å². The molecule has 0 aliphatic heterocycles. The topological polar surface area (TPSA) is 25.2 Å². The van der Waals surface area contributed by atoms with E-state index in [2.05, 4.69) is 19.2 Å². The number of fused-ring (bicyclic) bond motifs is 1. The standard InChI is InChI=1S/C15H18FNO/c1-11(2)17-9-4-3-7-13-10-12-6-5-8-14(16)15(12)18-13/h3,5-8,10-11,17H,4,9H2,1-2H3/b7-3+. The molecular weight excluding hydrogens is 229 g/mol. The Hall–Kier alpha value is -1.61. The Labute approximate surface area is 106 Å². The maximum atomic E-state index is 13.4. The van der Waals surface area contributed by atoms with Crippen molar-refractivity contribution in [2.45, 2.75) is 26.3 Å². The van der Waals surface area contributed by atoms with Crippen molar-refractivity contribution in [2.24, 2.45) is 0 Å². The summed E-state index contributed by atoms with van der Waals surface area (Å²) in [5.74, 6) is 0.383. The number of para-hydroxylation sites is 1. The van der Waals surface area contributed by atoms with Crippen molar-refractivity contribution in [1.29, 1.82) is 0 Å². The predicted octanol–water partition coefficient (Wildman–Crippen LogP) is 3.97. The van der Waals surface area contributed by atoms with Crippen LogP contribution in [0.15, 0.2) is 34.8 Å². The lowest BCUT2D eigenvalue weighted by Crippen LogP contribution is -2.23. The third kappa shape index (κ3) is 3.20. The molecule has 0 saturated heterocycles. The maximum absolute atomic E-state index is 13.4. The van der Waals surface area contributed by atoms with E-state index in [1.807, 2.05) is 24.3 Å². The lowest BCUT2D eigenvalue weighted by atomic mass is 10.2. The summed E-state index contributed by atoms with van der Waals surface area (Å²) in [6.45, 7) is 5.17. The third-order valence-electron chi connectivity index (χ3n) is 2.66. The Balaban J connectivity index is 1.99. The lowest BCUT2D eigenvalue weighted by Gasteiger charge is -2.04. The molecule has 0 bridgehead atoms. The van der Waals surface area contributed by atoms with E-state index in [1.165, 1.54) is 6.07 Å². The molecule has 96 valence electrons. The molecule has 0 aliphatic carbocycles. The molecule has 2 nitrogen and oxygen atoms in total. The average Bonchev–Trinajstić information content (AvgIpc) is 2.72. The highest BCUT2D eigenvalue weighted by Crippen LogP contribution is 2.22. The zero-order valence-electron chi connectivity index (χ0n) is 10.7. The van der Waals surface area contributed by atoms with Gasteiger partial charge >= 0.3 is 0 Å². The van der Waals surface area contributed by atoms with Crippen LogP contribution in [0.5, 0.6) is 0 Å². The molecule has 1 heterocycles. The van der Waals surface area contributed by atoms with Crippen molar-refractivity contribution < 1.29 is 8.81 Å². The summed E-state index contributed by atoms with van der Waals surface area (Å²) in [4.78, 5) is 0. The zero-order valence-corrected chi connectivity index (χ0v) is 10.7. The van der Waals surface area contributed by atoms with Crippen LogP contribution in [-0.4, -0.2) is 12.6 Å². The highest BCUT2D eigenvalue weighted by molar-refractivity contribution is 5.80. The van der Waals surface area contributed by atoms with Gasteiger partial charge in [-0.2, -0.15) is 0 Å². The minimum Gasteiger partial charge on any atom is -0.454 e. The first-order valence-electron chi connectivity index (χ1n) is 6.25. The zero-order chi connectivity index (χ0) is 13.0. The maximum Gasteiger partial charge on any atom is 0.170 e. The summed E-state index contributed by atoms with van der Waals surface area (Å²) in [7, 11) is 0. The molecule has 0 aliphatic rings. The molecular formula is C15H18FNO. The summed E-state index contributed by atoms with van der Waals surface area (Å²) in [5.41, 5.74) is 0.331. The van der Waals surface area contributed by atoms with Crippen LogP contribution in [0.2, 0.25) is 0 Å². The first-order chi connectivity index (χ1) is 8.66. The van der Waals surface area contributed by atoms with E-state index < -0.39 is 0 Å². The number of halogens is 1. The summed E-state index contributed by atoms with van der Waals surface area (Å²) in [6.07, 6.45) is 4.85. The number of furan rings is 1. The molecule has 18 heavy (non-hydrogen) atoms. The van der Waals surface area contributed by atoms with E-state index >= 15 is 0 Å². The van der Waals surface area contributed by atoms with Crippen LogP contribution in [0.25, 0.3) is 17.0 Å². The monoisotopic (exact) mass is 247 g/mol. The van der Waals surface area contributed by atoms with E-state index in [0.717, 1.165) is 18.4 Å². The van der Waals surface area contributed by atoms with Gasteiger partial charge < -0.3 is 9.73 Å². The average molecular weight is 247 g/mol. The van der Waals surface area contributed by atoms with Gasteiger partial charge in [-0.05, 0) is 31.2 Å². The molecule has 1 N–H and O–H groups in total. The van der Waals surface area contributed by atoms with E-state index in [1.54, 1.807) is 6.07 Å². The number of nitrogens with one attached hydrogen (secondary N) is 1. The Morgan fingerprint density at radius 1 is 1.39 bits per heavy atom. The van der Waals surface area contributed by atoms with Crippen molar-refractivity contribution in [1.82, 2.24) is 5.32 Å². The fourth-order valence-corrected chi connectivity index (χ4v) is 1.78. The Morgan fingerprint density at radius 2 is 2.22 bits per heavy atom. The minimum atomic E-state index is -0.311. The van der Waals surface area contributed by atoms with Gasteiger partial charge in [0.1, 0.15) is 5.76 Å². The normalized spacial score (nSPS) is 12.0. The van der Waals surface area contributed by atoms with Gasteiger partial charge in [0.25, 0.3) is 0 Å². The number of hydrogen-bond donors (Lipinski definition) is 1. The van der Waals surface area contributed by atoms with Crippen LogP contribution < -0.4 is 5.32 Å². The van der Waals surface area contributed by atoms with E-state index in [4.69, 9.17) is 4.42 Å². The van der Waals surface area contributed by atoms with Crippen molar-refractivity contribution in [3.05, 3.63) is 41.9 Å². The van der Waals surface area contributed by atoms with Crippen LogP contribution in [0.4, 0.5) is 4.39 Å². The molecule has 0 atom stereocenters. The number of rotatable bonds is 5. The van der Waals surface area contributed by atoms with Crippen LogP contribution in [-0.2, 0) is 0 Å². The molecule has 1 aromatic carbocycles. The van der Waals surface area contributed by atoms with E-state index in [-0.39, 0.29) is 5.82 Å². The second-order valence-electron chi connectivity index (χ2n) is 4.61. The van der Waals surface area contributed by atoms with Crippen LogP contribution >= 0.6 is 0 Å². The Bertz CT molecular complexity index is 542. The van der Waals surface area contributed by atoms with Gasteiger partial charge in [0.2, 0.25) is 0 Å². The Kier molecular flexibility index (Phi) is 4.15. The van der Waals surface area contributed by atoms with E-state index in [0.29, 0.717) is 17.4 Å². The molecule has 2 aromatic rings. The molecule has 2 rings (SSSR count). The number of hydrogen-bond acceptors (Lipinski definition) is 2. The quantitative estimate of drug-likeness (QED) is 0.809. The van der Waals surface area contributed by atoms with Crippen molar-refractivity contribution >= 4 is 17.0 Å². The van der Waals surface area contributed by atoms with Gasteiger partial charge in [-0.3, -0.25) is 0 Å². The van der Waals surface area contributed by atoms with Crippen molar-refractivity contribution in [3.8, 4) is 0 Å². The van der Waals surface area contributed by atoms with Crippen molar-refractivity contribution in [3.63, 3.8) is 0 Å². The smallest absolute Gasteiger partial charge is 0.170 e. The largest absolute Gasteiger partial charge is 0.454 e. The SMILES string of the molecule is CC(C)NCC/C=C/c1cc2cccc(F)c2o1. The highest BCUT2D eigenvalue weighted by atomic mass is 19.1.